The number of carbonyl (C=O) groups excluding carboxylic acids is 1. The molecule has 0 aromatic heterocycles. The second-order valence-electron chi connectivity index (χ2n) is 6.92. The van der Waals surface area contributed by atoms with Crippen molar-refractivity contribution in [3.8, 4) is 0 Å². The molecular formula is C16H28N2O3. The molecule has 0 saturated heterocycles. The highest BCUT2D eigenvalue weighted by Gasteiger charge is 2.46. The highest BCUT2D eigenvalue weighted by Crippen LogP contribution is 2.38. The zero-order valence-electron chi connectivity index (χ0n) is 13.2. The van der Waals surface area contributed by atoms with Crippen LogP contribution in [-0.2, 0) is 4.79 Å². The SMILES string of the molecule is CCC1CCCC(NC(=O)NC2CCCC2(C)C(=O)O)C1. The Morgan fingerprint density at radius 3 is 2.62 bits per heavy atom. The van der Waals surface area contributed by atoms with Crippen molar-refractivity contribution in [3.63, 3.8) is 0 Å². The van der Waals surface area contributed by atoms with Crippen LogP contribution in [0, 0.1) is 11.3 Å². The second-order valence-corrected chi connectivity index (χ2v) is 6.92. The average molecular weight is 296 g/mol. The van der Waals surface area contributed by atoms with E-state index in [4.69, 9.17) is 0 Å². The molecule has 0 spiro atoms. The molecule has 2 aliphatic carbocycles. The lowest BCUT2D eigenvalue weighted by Gasteiger charge is -2.31. The van der Waals surface area contributed by atoms with Crippen molar-refractivity contribution in [2.24, 2.45) is 11.3 Å². The van der Waals surface area contributed by atoms with Gasteiger partial charge in [0.05, 0.1) is 5.41 Å². The summed E-state index contributed by atoms with van der Waals surface area (Å²) in [6.07, 6.45) is 7.91. The fraction of sp³-hybridized carbons (Fsp3) is 0.875. The largest absolute Gasteiger partial charge is 0.481 e. The third kappa shape index (κ3) is 3.69. The van der Waals surface area contributed by atoms with Gasteiger partial charge in [-0.05, 0) is 38.5 Å². The second kappa shape index (κ2) is 6.67. The van der Waals surface area contributed by atoms with Gasteiger partial charge in [-0.3, -0.25) is 4.79 Å². The van der Waals surface area contributed by atoms with Crippen LogP contribution in [0.2, 0.25) is 0 Å². The number of urea groups is 1. The smallest absolute Gasteiger partial charge is 0.315 e. The van der Waals surface area contributed by atoms with Crippen LogP contribution in [0.25, 0.3) is 0 Å². The third-order valence-corrected chi connectivity index (χ3v) is 5.45. The molecule has 2 fully saturated rings. The van der Waals surface area contributed by atoms with Gasteiger partial charge in [-0.2, -0.15) is 0 Å². The lowest BCUT2D eigenvalue weighted by Crippen LogP contribution is -2.52. The zero-order valence-corrected chi connectivity index (χ0v) is 13.2. The predicted molar refractivity (Wildman–Crippen MR) is 81.1 cm³/mol. The number of aliphatic carboxylic acids is 1. The molecule has 3 N–H and O–H groups in total. The van der Waals surface area contributed by atoms with Crippen molar-refractivity contribution in [2.45, 2.75) is 77.3 Å². The van der Waals surface area contributed by atoms with Crippen LogP contribution in [0.5, 0.6) is 0 Å². The minimum absolute atomic E-state index is 0.198. The molecule has 0 aromatic rings. The average Bonchev–Trinajstić information content (AvgIpc) is 2.81. The van der Waals surface area contributed by atoms with Crippen LogP contribution in [0.3, 0.4) is 0 Å². The van der Waals surface area contributed by atoms with Gasteiger partial charge in [0.2, 0.25) is 0 Å². The number of nitrogens with one attached hydrogen (secondary N) is 2. The number of carboxylic acid groups (broad SMARTS) is 1. The van der Waals surface area contributed by atoms with E-state index < -0.39 is 11.4 Å². The molecule has 21 heavy (non-hydrogen) atoms. The molecule has 0 bridgehead atoms. The number of hydrogen-bond donors (Lipinski definition) is 3. The molecule has 0 radical (unpaired) electrons. The molecule has 2 aliphatic rings. The Hall–Kier alpha value is -1.26. The Kier molecular flexibility index (Phi) is 5.12. The van der Waals surface area contributed by atoms with Gasteiger partial charge in [-0.1, -0.05) is 32.6 Å². The Labute approximate surface area is 126 Å². The Bertz CT molecular complexity index is 399. The minimum Gasteiger partial charge on any atom is -0.481 e. The summed E-state index contributed by atoms with van der Waals surface area (Å²) in [7, 11) is 0. The van der Waals surface area contributed by atoms with E-state index in [1.54, 1.807) is 6.92 Å². The molecule has 4 atom stereocenters. The zero-order chi connectivity index (χ0) is 15.5. The van der Waals surface area contributed by atoms with Crippen molar-refractivity contribution in [1.82, 2.24) is 10.6 Å². The summed E-state index contributed by atoms with van der Waals surface area (Å²) in [4.78, 5) is 23.6. The van der Waals surface area contributed by atoms with Gasteiger partial charge in [0.25, 0.3) is 0 Å². The fourth-order valence-electron chi connectivity index (χ4n) is 3.83. The summed E-state index contributed by atoms with van der Waals surface area (Å²) in [5, 5.41) is 15.3. The minimum atomic E-state index is -0.824. The maximum atomic E-state index is 12.2. The Balaban J connectivity index is 1.85. The first-order valence-corrected chi connectivity index (χ1v) is 8.26. The summed E-state index contributed by atoms with van der Waals surface area (Å²) in [5.41, 5.74) is -0.824. The molecule has 2 rings (SSSR count). The van der Waals surface area contributed by atoms with E-state index in [2.05, 4.69) is 17.6 Å². The van der Waals surface area contributed by atoms with Crippen LogP contribution in [-0.4, -0.2) is 29.2 Å². The molecule has 2 amide bonds. The number of carboxylic acids is 1. The van der Waals surface area contributed by atoms with Crippen molar-refractivity contribution in [2.75, 3.05) is 0 Å². The lowest BCUT2D eigenvalue weighted by atomic mass is 9.84. The number of rotatable bonds is 4. The number of carbonyl (C=O) groups is 2. The van der Waals surface area contributed by atoms with Gasteiger partial charge < -0.3 is 15.7 Å². The van der Waals surface area contributed by atoms with Crippen molar-refractivity contribution in [3.05, 3.63) is 0 Å². The first-order chi connectivity index (χ1) is 9.95. The molecule has 5 nitrogen and oxygen atoms in total. The highest BCUT2D eigenvalue weighted by molar-refractivity contribution is 5.79. The van der Waals surface area contributed by atoms with E-state index in [0.717, 1.165) is 25.7 Å². The van der Waals surface area contributed by atoms with Crippen LogP contribution < -0.4 is 10.6 Å². The molecule has 0 heterocycles. The molecule has 0 aromatic carbocycles. The van der Waals surface area contributed by atoms with Gasteiger partial charge in [0, 0.05) is 12.1 Å². The normalized spacial score (nSPS) is 36.2. The van der Waals surface area contributed by atoms with Crippen molar-refractivity contribution >= 4 is 12.0 Å². The molecule has 0 aliphatic heterocycles. The third-order valence-electron chi connectivity index (χ3n) is 5.45. The van der Waals surface area contributed by atoms with Crippen LogP contribution >= 0.6 is 0 Å². The fourth-order valence-corrected chi connectivity index (χ4v) is 3.83. The summed E-state index contributed by atoms with van der Waals surface area (Å²) in [5.74, 6) is -0.103. The Morgan fingerprint density at radius 2 is 1.95 bits per heavy atom. The summed E-state index contributed by atoms with van der Waals surface area (Å²) in [6.45, 7) is 3.94. The lowest BCUT2D eigenvalue weighted by molar-refractivity contribution is -0.148. The van der Waals surface area contributed by atoms with E-state index in [1.807, 2.05) is 0 Å². The summed E-state index contributed by atoms with van der Waals surface area (Å²) >= 11 is 0. The maximum Gasteiger partial charge on any atom is 0.315 e. The summed E-state index contributed by atoms with van der Waals surface area (Å²) in [6, 6.07) is -0.224. The first-order valence-electron chi connectivity index (χ1n) is 8.26. The topological polar surface area (TPSA) is 78.4 Å². The van der Waals surface area contributed by atoms with Crippen LogP contribution in [0.15, 0.2) is 0 Å². The molecule has 5 heteroatoms. The predicted octanol–water partition coefficient (Wildman–Crippen LogP) is 2.90. The number of hydrogen-bond acceptors (Lipinski definition) is 2. The molecule has 4 unspecified atom stereocenters. The van der Waals surface area contributed by atoms with E-state index in [9.17, 15) is 14.7 Å². The quantitative estimate of drug-likeness (QED) is 0.746. The maximum absolute atomic E-state index is 12.2. The van der Waals surface area contributed by atoms with Gasteiger partial charge in [-0.25, -0.2) is 4.79 Å². The molecular weight excluding hydrogens is 268 g/mol. The van der Waals surface area contributed by atoms with Crippen molar-refractivity contribution in [1.29, 1.82) is 0 Å². The Morgan fingerprint density at radius 1 is 1.19 bits per heavy atom. The monoisotopic (exact) mass is 296 g/mol. The van der Waals surface area contributed by atoms with Gasteiger partial charge in [-0.15, -0.1) is 0 Å². The van der Waals surface area contributed by atoms with Crippen LogP contribution in [0.4, 0.5) is 4.79 Å². The van der Waals surface area contributed by atoms with Gasteiger partial charge in [0.1, 0.15) is 0 Å². The van der Waals surface area contributed by atoms with Crippen molar-refractivity contribution < 1.29 is 14.7 Å². The first kappa shape index (κ1) is 16.1. The summed E-state index contributed by atoms with van der Waals surface area (Å²) < 4.78 is 0. The van der Waals surface area contributed by atoms with E-state index >= 15 is 0 Å². The number of amides is 2. The van der Waals surface area contributed by atoms with E-state index in [-0.39, 0.29) is 18.1 Å². The van der Waals surface area contributed by atoms with Crippen LogP contribution in [0.1, 0.15) is 65.2 Å². The molecule has 120 valence electrons. The van der Waals surface area contributed by atoms with Gasteiger partial charge in [0.15, 0.2) is 0 Å². The molecule has 2 saturated carbocycles. The highest BCUT2D eigenvalue weighted by atomic mass is 16.4. The van der Waals surface area contributed by atoms with Gasteiger partial charge >= 0.3 is 12.0 Å². The standard InChI is InChI=1S/C16H28N2O3/c1-3-11-6-4-7-12(10-11)17-15(21)18-13-8-5-9-16(13,2)14(19)20/h11-13H,3-10H2,1-2H3,(H,19,20)(H2,17,18,21). The van der Waals surface area contributed by atoms with E-state index in [1.165, 1.54) is 19.3 Å². The van der Waals surface area contributed by atoms with E-state index in [0.29, 0.717) is 12.3 Å².